The predicted molar refractivity (Wildman–Crippen MR) is 81.2 cm³/mol. The van der Waals surface area contributed by atoms with Crippen molar-refractivity contribution in [3.63, 3.8) is 0 Å². The molecule has 3 N–H and O–H groups in total. The summed E-state index contributed by atoms with van der Waals surface area (Å²) in [6.07, 6.45) is 3.50. The van der Waals surface area contributed by atoms with E-state index >= 15 is 0 Å². The van der Waals surface area contributed by atoms with Gasteiger partial charge in [0.2, 0.25) is 0 Å². The number of carbonyl (C=O) groups excluding carboxylic acids is 3. The van der Waals surface area contributed by atoms with Crippen LogP contribution in [0.3, 0.4) is 0 Å². The van der Waals surface area contributed by atoms with Crippen LogP contribution in [0.1, 0.15) is 41.5 Å². The molecule has 0 rings (SSSR count). The van der Waals surface area contributed by atoms with Crippen LogP contribution in [-0.4, -0.2) is 32.7 Å². The van der Waals surface area contributed by atoms with Crippen molar-refractivity contribution in [3.05, 3.63) is 35.5 Å². The van der Waals surface area contributed by atoms with Gasteiger partial charge in [-0.05, 0) is 41.5 Å². The van der Waals surface area contributed by atoms with Gasteiger partial charge in [-0.15, -0.1) is 0 Å². The summed E-state index contributed by atoms with van der Waals surface area (Å²) in [5, 5.41) is 25.1. The Hall–Kier alpha value is -0.851. The van der Waals surface area contributed by atoms with Crippen LogP contribution in [0.25, 0.3) is 0 Å². The topological polar surface area (TPSA) is 112 Å². The maximum atomic E-state index is 10.0. The van der Waals surface area contributed by atoms with E-state index in [9.17, 15) is 14.4 Å². The minimum atomic E-state index is -0.125. The van der Waals surface area contributed by atoms with E-state index in [0.717, 1.165) is 0 Å². The van der Waals surface area contributed by atoms with Gasteiger partial charge in [0.1, 0.15) is 0 Å². The van der Waals surface area contributed by atoms with Crippen molar-refractivity contribution in [1.82, 2.24) is 0 Å². The standard InChI is InChI=1S/3C5H8O2.Yb/c3*1-4(6)3-5(2)7;/h3*3,6H,1-2H3;. The molecule has 0 bridgehead atoms. The fourth-order valence-corrected chi connectivity index (χ4v) is 0.882. The van der Waals surface area contributed by atoms with Crippen LogP contribution in [0.15, 0.2) is 35.5 Å². The van der Waals surface area contributed by atoms with Crippen molar-refractivity contribution in [2.75, 3.05) is 0 Å². The number of hydrogen-bond donors (Lipinski definition) is 3. The molecule has 0 aliphatic rings. The van der Waals surface area contributed by atoms with E-state index in [1.54, 1.807) is 0 Å². The van der Waals surface area contributed by atoms with E-state index < -0.39 is 0 Å². The molecule has 0 saturated heterocycles. The molecular formula is C15H24O6Yb. The second-order valence-electron chi connectivity index (χ2n) is 4.19. The summed E-state index contributed by atoms with van der Waals surface area (Å²) >= 11 is 0. The molecule has 22 heavy (non-hydrogen) atoms. The Morgan fingerprint density at radius 3 is 0.682 bits per heavy atom. The third kappa shape index (κ3) is 50.7. The fourth-order valence-electron chi connectivity index (χ4n) is 0.882. The molecule has 0 aliphatic carbocycles. The van der Waals surface area contributed by atoms with Crippen molar-refractivity contribution in [2.24, 2.45) is 0 Å². The fraction of sp³-hybridized carbons (Fsp3) is 0.400. The summed E-state index contributed by atoms with van der Waals surface area (Å²) in [6, 6.07) is 0. The molecule has 0 radical (unpaired) electrons. The second kappa shape index (κ2) is 18.2. The van der Waals surface area contributed by atoms with Gasteiger partial charge < -0.3 is 15.3 Å². The van der Waals surface area contributed by atoms with Crippen LogP contribution in [0, 0.1) is 46.9 Å². The molecule has 6 nitrogen and oxygen atoms in total. The first kappa shape index (κ1) is 29.2. The Balaban J connectivity index is -0.000000108. The summed E-state index contributed by atoms with van der Waals surface area (Å²) in [5.41, 5.74) is 0. The molecule has 0 aliphatic heterocycles. The van der Waals surface area contributed by atoms with Crippen LogP contribution in [0.5, 0.6) is 0 Å². The van der Waals surface area contributed by atoms with E-state index in [-0.39, 0.29) is 81.6 Å². The molecule has 0 amide bonds. The normalized spacial score (nSPS) is 10.9. The van der Waals surface area contributed by atoms with Gasteiger partial charge in [-0.2, -0.15) is 0 Å². The van der Waals surface area contributed by atoms with Crippen molar-refractivity contribution < 1.29 is 76.6 Å². The van der Waals surface area contributed by atoms with Crippen LogP contribution in [0.2, 0.25) is 0 Å². The Morgan fingerprint density at radius 2 is 0.682 bits per heavy atom. The van der Waals surface area contributed by atoms with Crippen LogP contribution in [0.4, 0.5) is 0 Å². The maximum Gasteiger partial charge on any atom is 0.155 e. The average Bonchev–Trinajstić information content (AvgIpc) is 2.10. The monoisotopic (exact) mass is 474 g/mol. The SMILES string of the molecule is CC(=O)C=C(C)O.CC(=O)C=C(C)O.CC(=O)C=C(C)O.[Yb]. The van der Waals surface area contributed by atoms with Gasteiger partial charge in [0, 0.05) is 65.2 Å². The molecule has 0 heterocycles. The van der Waals surface area contributed by atoms with E-state index in [4.69, 9.17) is 15.3 Å². The van der Waals surface area contributed by atoms with E-state index in [1.807, 2.05) is 0 Å². The van der Waals surface area contributed by atoms with E-state index in [1.165, 1.54) is 59.8 Å². The number of allylic oxidation sites excluding steroid dienone is 6. The van der Waals surface area contributed by atoms with Gasteiger partial charge in [-0.1, -0.05) is 0 Å². The molecule has 0 spiro atoms. The number of aliphatic hydroxyl groups is 3. The number of carbonyl (C=O) groups is 3. The molecule has 0 saturated carbocycles. The van der Waals surface area contributed by atoms with Gasteiger partial charge in [-0.25, -0.2) is 0 Å². The van der Waals surface area contributed by atoms with Gasteiger partial charge in [-0.3, -0.25) is 14.4 Å². The molecule has 0 unspecified atom stereocenters. The summed E-state index contributed by atoms with van der Waals surface area (Å²) < 4.78 is 0. The predicted octanol–water partition coefficient (Wildman–Crippen LogP) is 3.11. The summed E-state index contributed by atoms with van der Waals surface area (Å²) in [7, 11) is 0. The summed E-state index contributed by atoms with van der Waals surface area (Å²) in [5.74, 6) is -0.187. The average molecular weight is 473 g/mol. The zero-order chi connectivity index (χ0) is 17.6. The number of aliphatic hydroxyl groups excluding tert-OH is 3. The molecule has 0 atom stereocenters. The van der Waals surface area contributed by atoms with Crippen LogP contribution < -0.4 is 0 Å². The Labute approximate surface area is 169 Å². The van der Waals surface area contributed by atoms with Gasteiger partial charge in [0.15, 0.2) is 17.3 Å². The minimum Gasteiger partial charge on any atom is -0.512 e. The third-order valence-corrected chi connectivity index (χ3v) is 1.24. The third-order valence-electron chi connectivity index (χ3n) is 1.24. The smallest absolute Gasteiger partial charge is 0.155 e. The molecule has 0 aromatic rings. The molecule has 0 fully saturated rings. The summed E-state index contributed by atoms with van der Waals surface area (Å²) in [6.45, 7) is 8.54. The quantitative estimate of drug-likeness (QED) is 0.429. The molecule has 0 aromatic carbocycles. The Kier molecular flexibility index (Phi) is 24.2. The van der Waals surface area contributed by atoms with E-state index in [0.29, 0.717) is 0 Å². The molecule has 134 valence electrons. The van der Waals surface area contributed by atoms with Gasteiger partial charge >= 0.3 is 0 Å². The van der Waals surface area contributed by atoms with Crippen LogP contribution >= 0.6 is 0 Å². The number of hydrogen-bond acceptors (Lipinski definition) is 6. The first-order valence-electron chi connectivity index (χ1n) is 6.02. The second-order valence-corrected chi connectivity index (χ2v) is 4.19. The zero-order valence-corrected chi connectivity index (χ0v) is 15.3. The Bertz CT molecular complexity index is 368. The van der Waals surface area contributed by atoms with Gasteiger partial charge in [0.05, 0.1) is 17.3 Å². The number of ketones is 3. The Morgan fingerprint density at radius 1 is 0.545 bits per heavy atom. The first-order chi connectivity index (χ1) is 9.38. The van der Waals surface area contributed by atoms with Crippen molar-refractivity contribution >= 4 is 17.3 Å². The molecule has 7 heteroatoms. The zero-order valence-electron chi connectivity index (χ0n) is 13.6. The summed E-state index contributed by atoms with van der Waals surface area (Å²) in [4.78, 5) is 30.1. The van der Waals surface area contributed by atoms with E-state index in [2.05, 4.69) is 0 Å². The largest absolute Gasteiger partial charge is 0.512 e. The van der Waals surface area contributed by atoms with Gasteiger partial charge in [0.25, 0.3) is 0 Å². The van der Waals surface area contributed by atoms with Crippen molar-refractivity contribution in [1.29, 1.82) is 0 Å². The number of rotatable bonds is 3. The molecule has 0 aromatic heterocycles. The maximum absolute atomic E-state index is 10.0. The van der Waals surface area contributed by atoms with Crippen molar-refractivity contribution in [2.45, 2.75) is 41.5 Å². The first-order valence-corrected chi connectivity index (χ1v) is 6.02. The van der Waals surface area contributed by atoms with Crippen molar-refractivity contribution in [3.8, 4) is 0 Å². The minimum absolute atomic E-state index is 0. The van der Waals surface area contributed by atoms with Crippen LogP contribution in [-0.2, 0) is 14.4 Å². The molecular weight excluding hydrogens is 449 g/mol.